The molecule has 19 heavy (non-hydrogen) atoms. The lowest BCUT2D eigenvalue weighted by atomic mass is 10.2. The Balaban J connectivity index is 1.57. The van der Waals surface area contributed by atoms with Crippen LogP contribution in [0.3, 0.4) is 0 Å². The molecule has 0 aliphatic carbocycles. The zero-order valence-electron chi connectivity index (χ0n) is 11.5. The summed E-state index contributed by atoms with van der Waals surface area (Å²) in [4.78, 5) is 2.34. The Kier molecular flexibility index (Phi) is 6.08. The summed E-state index contributed by atoms with van der Waals surface area (Å²) in [6, 6.07) is 10.3. The molecular weight excluding hydrogens is 236 g/mol. The van der Waals surface area contributed by atoms with Gasteiger partial charge in [0.25, 0.3) is 0 Å². The highest BCUT2D eigenvalue weighted by Gasteiger charge is 2.14. The van der Waals surface area contributed by atoms with E-state index in [1.54, 1.807) is 0 Å². The van der Waals surface area contributed by atoms with Crippen LogP contribution in [-0.4, -0.2) is 48.8 Å². The summed E-state index contributed by atoms with van der Waals surface area (Å²) < 4.78 is 0. The third-order valence-corrected chi connectivity index (χ3v) is 3.42. The smallest absolute Gasteiger partial charge is 0.0791 e. The van der Waals surface area contributed by atoms with Crippen LogP contribution in [0.2, 0.25) is 0 Å². The lowest BCUT2D eigenvalue weighted by Gasteiger charge is -2.19. The standard InChI is InChI=1S/C16H24N2O/c19-16(14-18-11-4-5-12-18)13-17-10-6-9-15-7-2-1-3-8-15/h1-3,6-9,16-17,19H,4-5,10-14H2. The van der Waals surface area contributed by atoms with Crippen molar-refractivity contribution in [3.8, 4) is 0 Å². The first-order valence-corrected chi connectivity index (χ1v) is 7.17. The molecule has 1 aromatic carbocycles. The Bertz CT molecular complexity index is 372. The fourth-order valence-electron chi connectivity index (χ4n) is 2.42. The molecule has 1 atom stereocenters. The molecule has 0 spiro atoms. The van der Waals surface area contributed by atoms with Gasteiger partial charge in [-0.05, 0) is 31.5 Å². The zero-order chi connectivity index (χ0) is 13.3. The molecule has 0 saturated carbocycles. The Morgan fingerprint density at radius 2 is 1.95 bits per heavy atom. The highest BCUT2D eigenvalue weighted by atomic mass is 16.3. The first-order chi connectivity index (χ1) is 9.34. The molecule has 2 N–H and O–H groups in total. The van der Waals surface area contributed by atoms with E-state index in [0.717, 1.165) is 26.2 Å². The SMILES string of the molecule is OC(CNCC=Cc1ccccc1)CN1CCCC1. The second-order valence-corrected chi connectivity index (χ2v) is 5.13. The monoisotopic (exact) mass is 260 g/mol. The largest absolute Gasteiger partial charge is 0.390 e. The molecule has 1 heterocycles. The van der Waals surface area contributed by atoms with Gasteiger partial charge in [0.15, 0.2) is 0 Å². The van der Waals surface area contributed by atoms with Crippen molar-refractivity contribution in [3.63, 3.8) is 0 Å². The van der Waals surface area contributed by atoms with Crippen LogP contribution in [-0.2, 0) is 0 Å². The van der Waals surface area contributed by atoms with E-state index in [0.29, 0.717) is 6.54 Å². The maximum Gasteiger partial charge on any atom is 0.0791 e. The van der Waals surface area contributed by atoms with Crippen molar-refractivity contribution in [2.24, 2.45) is 0 Å². The van der Waals surface area contributed by atoms with Crippen molar-refractivity contribution in [3.05, 3.63) is 42.0 Å². The fourth-order valence-corrected chi connectivity index (χ4v) is 2.42. The molecular formula is C16H24N2O. The van der Waals surface area contributed by atoms with Gasteiger partial charge in [-0.3, -0.25) is 0 Å². The third-order valence-electron chi connectivity index (χ3n) is 3.42. The van der Waals surface area contributed by atoms with Gasteiger partial charge in [-0.25, -0.2) is 0 Å². The summed E-state index contributed by atoms with van der Waals surface area (Å²) in [7, 11) is 0. The Morgan fingerprint density at radius 3 is 2.68 bits per heavy atom. The summed E-state index contributed by atoms with van der Waals surface area (Å²) in [5.41, 5.74) is 1.21. The first-order valence-electron chi connectivity index (χ1n) is 7.17. The Morgan fingerprint density at radius 1 is 1.21 bits per heavy atom. The normalized spacial score (nSPS) is 18.2. The highest BCUT2D eigenvalue weighted by molar-refractivity contribution is 5.48. The number of rotatable bonds is 7. The molecule has 3 heteroatoms. The number of β-amino-alcohol motifs (C(OH)–C–C–N with tert-alkyl or cyclic N) is 1. The van der Waals surface area contributed by atoms with E-state index >= 15 is 0 Å². The predicted octanol–water partition coefficient (Wildman–Crippen LogP) is 1.75. The average molecular weight is 260 g/mol. The summed E-state index contributed by atoms with van der Waals surface area (Å²) in [6.45, 7) is 4.55. The third kappa shape index (κ3) is 5.55. The zero-order valence-corrected chi connectivity index (χ0v) is 11.5. The molecule has 0 amide bonds. The molecule has 1 aliphatic rings. The van der Waals surface area contributed by atoms with Crippen molar-refractivity contribution in [2.75, 3.05) is 32.7 Å². The molecule has 0 bridgehead atoms. The van der Waals surface area contributed by atoms with Crippen molar-refractivity contribution >= 4 is 6.08 Å². The minimum atomic E-state index is -0.261. The lowest BCUT2D eigenvalue weighted by molar-refractivity contribution is 0.124. The molecule has 1 saturated heterocycles. The van der Waals surface area contributed by atoms with Crippen LogP contribution in [0.15, 0.2) is 36.4 Å². The summed E-state index contributed by atoms with van der Waals surface area (Å²) in [5, 5.41) is 13.2. The van der Waals surface area contributed by atoms with E-state index < -0.39 is 0 Å². The summed E-state index contributed by atoms with van der Waals surface area (Å²) in [6.07, 6.45) is 6.49. The molecule has 1 aliphatic heterocycles. The summed E-state index contributed by atoms with van der Waals surface area (Å²) in [5.74, 6) is 0. The topological polar surface area (TPSA) is 35.5 Å². The van der Waals surface area contributed by atoms with E-state index in [1.807, 2.05) is 18.2 Å². The molecule has 1 unspecified atom stereocenters. The minimum absolute atomic E-state index is 0.261. The van der Waals surface area contributed by atoms with Gasteiger partial charge in [0.1, 0.15) is 0 Å². The van der Waals surface area contributed by atoms with Crippen LogP contribution in [0.4, 0.5) is 0 Å². The minimum Gasteiger partial charge on any atom is -0.390 e. The molecule has 3 nitrogen and oxygen atoms in total. The van der Waals surface area contributed by atoms with Gasteiger partial charge in [-0.1, -0.05) is 42.5 Å². The van der Waals surface area contributed by atoms with Crippen LogP contribution >= 0.6 is 0 Å². The number of nitrogens with one attached hydrogen (secondary N) is 1. The van der Waals surface area contributed by atoms with Crippen molar-refractivity contribution in [2.45, 2.75) is 18.9 Å². The number of nitrogens with zero attached hydrogens (tertiary/aromatic N) is 1. The van der Waals surface area contributed by atoms with Crippen molar-refractivity contribution in [1.29, 1.82) is 0 Å². The molecule has 1 fully saturated rings. The van der Waals surface area contributed by atoms with Crippen LogP contribution in [0.1, 0.15) is 18.4 Å². The van der Waals surface area contributed by atoms with Crippen LogP contribution < -0.4 is 5.32 Å². The van der Waals surface area contributed by atoms with Gasteiger partial charge in [-0.15, -0.1) is 0 Å². The van der Waals surface area contributed by atoms with Crippen LogP contribution in [0.25, 0.3) is 6.08 Å². The van der Waals surface area contributed by atoms with Gasteiger partial charge < -0.3 is 15.3 Å². The van der Waals surface area contributed by atoms with Gasteiger partial charge in [0.05, 0.1) is 6.10 Å². The molecule has 0 aromatic heterocycles. The number of aliphatic hydroxyl groups excluding tert-OH is 1. The van der Waals surface area contributed by atoms with E-state index in [9.17, 15) is 5.11 Å². The lowest BCUT2D eigenvalue weighted by Crippen LogP contribution is -2.37. The molecule has 1 aromatic rings. The Hall–Kier alpha value is -1.16. The van der Waals surface area contributed by atoms with Crippen molar-refractivity contribution in [1.82, 2.24) is 10.2 Å². The van der Waals surface area contributed by atoms with Gasteiger partial charge in [0.2, 0.25) is 0 Å². The van der Waals surface area contributed by atoms with Crippen LogP contribution in [0, 0.1) is 0 Å². The van der Waals surface area contributed by atoms with Gasteiger partial charge in [0, 0.05) is 19.6 Å². The number of benzene rings is 1. The fraction of sp³-hybridized carbons (Fsp3) is 0.500. The molecule has 104 valence electrons. The maximum absolute atomic E-state index is 9.90. The number of hydrogen-bond acceptors (Lipinski definition) is 3. The van der Waals surface area contributed by atoms with E-state index in [-0.39, 0.29) is 6.10 Å². The second kappa shape index (κ2) is 8.10. The quantitative estimate of drug-likeness (QED) is 0.733. The average Bonchev–Trinajstić information content (AvgIpc) is 2.92. The predicted molar refractivity (Wildman–Crippen MR) is 80.0 cm³/mol. The van der Waals surface area contributed by atoms with Crippen LogP contribution in [0.5, 0.6) is 0 Å². The number of likely N-dealkylation sites (tertiary alicyclic amines) is 1. The molecule has 2 rings (SSSR count). The number of aliphatic hydroxyl groups is 1. The first kappa shape index (κ1) is 14.3. The van der Waals surface area contributed by atoms with E-state index in [2.05, 4.69) is 34.5 Å². The highest BCUT2D eigenvalue weighted by Crippen LogP contribution is 2.07. The van der Waals surface area contributed by atoms with Crippen molar-refractivity contribution < 1.29 is 5.11 Å². The summed E-state index contributed by atoms with van der Waals surface area (Å²) >= 11 is 0. The Labute approximate surface area is 115 Å². The van der Waals surface area contributed by atoms with Gasteiger partial charge >= 0.3 is 0 Å². The van der Waals surface area contributed by atoms with E-state index in [4.69, 9.17) is 0 Å². The van der Waals surface area contributed by atoms with E-state index in [1.165, 1.54) is 18.4 Å². The number of hydrogen-bond donors (Lipinski definition) is 2. The van der Waals surface area contributed by atoms with Gasteiger partial charge in [-0.2, -0.15) is 0 Å². The maximum atomic E-state index is 9.90. The molecule has 0 radical (unpaired) electrons. The second-order valence-electron chi connectivity index (χ2n) is 5.13.